The second kappa shape index (κ2) is 7.22. The molecule has 0 saturated carbocycles. The molecular weight excluding hydrogens is 350 g/mol. The summed E-state index contributed by atoms with van der Waals surface area (Å²) in [6, 6.07) is 2.74. The highest BCUT2D eigenvalue weighted by atomic mass is 79.9. The van der Waals surface area contributed by atoms with Crippen molar-refractivity contribution < 1.29 is 4.79 Å². The van der Waals surface area contributed by atoms with Gasteiger partial charge in [0.1, 0.15) is 0 Å². The largest absolute Gasteiger partial charge is 0.350 e. The van der Waals surface area contributed by atoms with Crippen LogP contribution < -0.4 is 10.6 Å². The number of nitrogens with zero attached hydrogens (tertiary/aromatic N) is 1. The van der Waals surface area contributed by atoms with E-state index in [1.165, 1.54) is 17.7 Å². The maximum absolute atomic E-state index is 12.5. The quantitative estimate of drug-likeness (QED) is 0.853. The molecule has 0 radical (unpaired) electrons. The molecule has 0 spiro atoms. The van der Waals surface area contributed by atoms with Gasteiger partial charge in [-0.2, -0.15) is 0 Å². The Labute approximate surface area is 138 Å². The molecule has 1 aromatic heterocycles. The van der Waals surface area contributed by atoms with Crippen LogP contribution >= 0.6 is 27.3 Å². The van der Waals surface area contributed by atoms with Gasteiger partial charge in [-0.25, -0.2) is 0 Å². The first-order chi connectivity index (χ1) is 10.2. The van der Waals surface area contributed by atoms with Crippen LogP contribution in [0.1, 0.15) is 30.6 Å². The van der Waals surface area contributed by atoms with E-state index in [1.54, 1.807) is 11.3 Å². The Bertz CT molecular complexity index is 487. The van der Waals surface area contributed by atoms with Crippen molar-refractivity contribution in [2.24, 2.45) is 0 Å². The van der Waals surface area contributed by atoms with Gasteiger partial charge in [-0.15, -0.1) is 11.3 Å². The molecular formula is C15H22BrN3OS. The van der Waals surface area contributed by atoms with Gasteiger partial charge in [0, 0.05) is 20.8 Å². The summed E-state index contributed by atoms with van der Waals surface area (Å²) in [6.07, 6.45) is 4.49. The number of amides is 1. The number of halogens is 1. The zero-order valence-electron chi connectivity index (χ0n) is 12.1. The minimum absolute atomic E-state index is 0.0801. The number of likely N-dealkylation sites (tertiary alicyclic amines) is 1. The highest BCUT2D eigenvalue weighted by Gasteiger charge is 2.35. The molecule has 2 fully saturated rings. The lowest BCUT2D eigenvalue weighted by Crippen LogP contribution is -2.50. The molecule has 1 amide bonds. The van der Waals surface area contributed by atoms with Crippen LogP contribution in [0.2, 0.25) is 0 Å². The van der Waals surface area contributed by atoms with Crippen molar-refractivity contribution in [1.29, 1.82) is 0 Å². The average Bonchev–Trinajstić information content (AvgIpc) is 3.14. The second-order valence-corrected chi connectivity index (χ2v) is 7.74. The number of carbonyl (C=O) groups excluding carboxylic acids is 1. The van der Waals surface area contributed by atoms with Gasteiger partial charge in [0.15, 0.2) is 0 Å². The van der Waals surface area contributed by atoms with E-state index in [9.17, 15) is 4.79 Å². The van der Waals surface area contributed by atoms with Crippen molar-refractivity contribution in [2.75, 3.05) is 19.6 Å². The second-order valence-electron chi connectivity index (χ2n) is 5.83. The van der Waals surface area contributed by atoms with Gasteiger partial charge in [0.2, 0.25) is 5.91 Å². The summed E-state index contributed by atoms with van der Waals surface area (Å²) in [5, 5.41) is 8.57. The summed E-state index contributed by atoms with van der Waals surface area (Å²) in [5.74, 6) is 0.204. The van der Waals surface area contributed by atoms with E-state index in [0.29, 0.717) is 12.6 Å². The summed E-state index contributed by atoms with van der Waals surface area (Å²) in [4.78, 5) is 16.1. The van der Waals surface area contributed by atoms with Crippen molar-refractivity contribution in [3.05, 3.63) is 20.8 Å². The number of rotatable bonds is 4. The van der Waals surface area contributed by atoms with E-state index < -0.39 is 0 Å². The summed E-state index contributed by atoms with van der Waals surface area (Å²) in [7, 11) is 0. The van der Waals surface area contributed by atoms with Crippen molar-refractivity contribution >= 4 is 33.2 Å². The third kappa shape index (κ3) is 3.86. The Balaban J connectivity index is 1.55. The Morgan fingerprint density at radius 2 is 2.24 bits per heavy atom. The van der Waals surface area contributed by atoms with E-state index in [2.05, 4.69) is 42.9 Å². The monoisotopic (exact) mass is 371 g/mol. The molecule has 1 aromatic rings. The highest BCUT2D eigenvalue weighted by Crippen LogP contribution is 2.25. The number of nitrogens with one attached hydrogen (secondary N) is 2. The van der Waals surface area contributed by atoms with E-state index in [-0.39, 0.29) is 11.9 Å². The third-order valence-corrected chi connectivity index (χ3v) is 6.13. The molecule has 2 aliphatic rings. The van der Waals surface area contributed by atoms with Crippen LogP contribution in [-0.2, 0) is 11.3 Å². The number of carbonyl (C=O) groups is 1. The third-order valence-electron chi connectivity index (χ3n) is 4.43. The zero-order chi connectivity index (χ0) is 14.7. The van der Waals surface area contributed by atoms with Gasteiger partial charge in [0.25, 0.3) is 0 Å². The molecule has 0 aromatic carbocycles. The predicted molar refractivity (Wildman–Crippen MR) is 89.5 cm³/mol. The van der Waals surface area contributed by atoms with Crippen molar-refractivity contribution in [3.8, 4) is 0 Å². The van der Waals surface area contributed by atoms with Gasteiger partial charge in [-0.05, 0) is 67.3 Å². The molecule has 1 atom stereocenters. The minimum atomic E-state index is 0.0801. The molecule has 0 bridgehead atoms. The first kappa shape index (κ1) is 15.5. The molecule has 2 saturated heterocycles. The minimum Gasteiger partial charge on any atom is -0.350 e. The van der Waals surface area contributed by atoms with Crippen LogP contribution in [0.15, 0.2) is 15.9 Å². The molecule has 0 aliphatic carbocycles. The van der Waals surface area contributed by atoms with Gasteiger partial charge in [0.05, 0.1) is 12.6 Å². The van der Waals surface area contributed by atoms with Crippen molar-refractivity contribution in [2.45, 2.75) is 44.3 Å². The molecule has 2 aliphatic heterocycles. The maximum atomic E-state index is 12.5. The lowest BCUT2D eigenvalue weighted by molar-refractivity contribution is -0.126. The fourth-order valence-corrected chi connectivity index (χ4v) is 4.78. The Kier molecular flexibility index (Phi) is 5.32. The summed E-state index contributed by atoms with van der Waals surface area (Å²) < 4.78 is 1.09. The summed E-state index contributed by atoms with van der Waals surface area (Å²) in [5.41, 5.74) is 0. The van der Waals surface area contributed by atoms with Crippen LogP contribution in [-0.4, -0.2) is 42.5 Å². The Morgan fingerprint density at radius 1 is 1.43 bits per heavy atom. The van der Waals surface area contributed by atoms with Crippen LogP contribution in [0.25, 0.3) is 0 Å². The van der Waals surface area contributed by atoms with E-state index in [1.807, 2.05) is 0 Å². The van der Waals surface area contributed by atoms with Crippen LogP contribution in [0, 0.1) is 0 Å². The van der Waals surface area contributed by atoms with Crippen molar-refractivity contribution in [1.82, 2.24) is 15.5 Å². The van der Waals surface area contributed by atoms with Crippen LogP contribution in [0.4, 0.5) is 0 Å². The van der Waals surface area contributed by atoms with Gasteiger partial charge in [-0.3, -0.25) is 9.69 Å². The molecule has 116 valence electrons. The maximum Gasteiger partial charge on any atom is 0.237 e. The molecule has 2 N–H and O–H groups in total. The average molecular weight is 372 g/mol. The van der Waals surface area contributed by atoms with Crippen molar-refractivity contribution in [3.63, 3.8) is 0 Å². The first-order valence-corrected chi connectivity index (χ1v) is 9.38. The molecule has 4 nitrogen and oxygen atoms in total. The first-order valence-electron chi connectivity index (χ1n) is 7.71. The lowest BCUT2D eigenvalue weighted by atomic mass is 10.0. The summed E-state index contributed by atoms with van der Waals surface area (Å²) >= 11 is 5.13. The van der Waals surface area contributed by atoms with Gasteiger partial charge >= 0.3 is 0 Å². The topological polar surface area (TPSA) is 44.4 Å². The van der Waals surface area contributed by atoms with E-state index >= 15 is 0 Å². The Hall–Kier alpha value is -0.430. The van der Waals surface area contributed by atoms with Crippen LogP contribution in [0.3, 0.4) is 0 Å². The number of piperidine rings is 1. The molecule has 1 unspecified atom stereocenters. The smallest absolute Gasteiger partial charge is 0.237 e. The molecule has 3 rings (SSSR count). The van der Waals surface area contributed by atoms with Crippen LogP contribution in [0.5, 0.6) is 0 Å². The van der Waals surface area contributed by atoms with E-state index in [0.717, 1.165) is 36.9 Å². The van der Waals surface area contributed by atoms with Gasteiger partial charge < -0.3 is 10.6 Å². The molecule has 21 heavy (non-hydrogen) atoms. The zero-order valence-corrected chi connectivity index (χ0v) is 14.5. The normalized spacial score (nSPS) is 24.3. The lowest BCUT2D eigenvalue weighted by Gasteiger charge is -2.35. The number of hydrogen-bond acceptors (Lipinski definition) is 4. The molecule has 3 heterocycles. The predicted octanol–water partition coefficient (Wildman–Crippen LogP) is 2.34. The Morgan fingerprint density at radius 3 is 2.95 bits per heavy atom. The summed E-state index contributed by atoms with van der Waals surface area (Å²) in [6.45, 7) is 3.89. The standard InChI is InChI=1S/C15H22BrN3OS/c16-11-8-13(21-10-11)9-18-15(20)14-2-1-7-19(14)12-3-5-17-6-4-12/h8,10,12,14,17H,1-7,9H2,(H,18,20). The highest BCUT2D eigenvalue weighted by molar-refractivity contribution is 9.10. The SMILES string of the molecule is O=C(NCc1cc(Br)cs1)C1CCCN1C1CCNCC1. The number of hydrogen-bond donors (Lipinski definition) is 2. The number of thiophene rings is 1. The fraction of sp³-hybridized carbons (Fsp3) is 0.667. The van der Waals surface area contributed by atoms with E-state index in [4.69, 9.17) is 0 Å². The fourth-order valence-electron chi connectivity index (χ4n) is 3.38. The molecule has 6 heteroatoms. The van der Waals surface area contributed by atoms with Gasteiger partial charge in [-0.1, -0.05) is 0 Å².